The fourth-order valence-electron chi connectivity index (χ4n) is 3.13. The van der Waals surface area contributed by atoms with Crippen molar-refractivity contribution in [1.29, 1.82) is 0 Å². The van der Waals surface area contributed by atoms with Crippen molar-refractivity contribution in [1.82, 2.24) is 9.78 Å². The number of nitrogens with zero attached hydrogens (tertiary/aromatic N) is 2. The zero-order chi connectivity index (χ0) is 18.1. The van der Waals surface area contributed by atoms with Gasteiger partial charge in [0.05, 0.1) is 6.54 Å². The van der Waals surface area contributed by atoms with Crippen molar-refractivity contribution < 1.29 is 9.18 Å². The monoisotopic (exact) mass is 369 g/mol. The van der Waals surface area contributed by atoms with Crippen LogP contribution < -0.4 is 5.32 Å². The fourth-order valence-corrected chi connectivity index (χ4v) is 3.32. The smallest absolute Gasteiger partial charge is 0.229 e. The minimum atomic E-state index is -0.298. The second-order valence-electron chi connectivity index (χ2n) is 6.46. The zero-order valence-corrected chi connectivity index (χ0v) is 14.7. The van der Waals surface area contributed by atoms with Gasteiger partial charge in [-0.2, -0.15) is 5.10 Å². The first-order valence-corrected chi connectivity index (χ1v) is 8.82. The number of hydrogen-bond acceptors (Lipinski definition) is 2. The SMILES string of the molecule is O=C(Nc1nn(Cc2ccccc2F)cc1Cl)C1CC1c1ccccc1. The Labute approximate surface area is 155 Å². The fraction of sp³-hybridized carbons (Fsp3) is 0.200. The summed E-state index contributed by atoms with van der Waals surface area (Å²) in [5, 5.41) is 7.42. The molecule has 1 heterocycles. The molecule has 26 heavy (non-hydrogen) atoms. The molecule has 2 unspecified atom stereocenters. The van der Waals surface area contributed by atoms with Gasteiger partial charge in [-0.25, -0.2) is 4.39 Å². The van der Waals surface area contributed by atoms with Gasteiger partial charge in [0.25, 0.3) is 0 Å². The van der Waals surface area contributed by atoms with E-state index in [1.807, 2.05) is 30.3 Å². The molecule has 6 heteroatoms. The summed E-state index contributed by atoms with van der Waals surface area (Å²) >= 11 is 6.18. The molecule has 132 valence electrons. The van der Waals surface area contributed by atoms with Gasteiger partial charge in [0.15, 0.2) is 5.82 Å². The second kappa shape index (κ2) is 6.92. The molecule has 0 radical (unpaired) electrons. The maximum absolute atomic E-state index is 13.8. The molecular weight excluding hydrogens is 353 g/mol. The van der Waals surface area contributed by atoms with Gasteiger partial charge in [-0.05, 0) is 24.0 Å². The third-order valence-electron chi connectivity index (χ3n) is 4.60. The predicted octanol–water partition coefficient (Wildman–Crippen LogP) is 4.47. The third kappa shape index (κ3) is 3.48. The van der Waals surface area contributed by atoms with Crippen LogP contribution in [-0.2, 0) is 11.3 Å². The Morgan fingerprint density at radius 1 is 1.19 bits per heavy atom. The van der Waals surface area contributed by atoms with Crippen molar-refractivity contribution in [3.63, 3.8) is 0 Å². The topological polar surface area (TPSA) is 46.9 Å². The molecule has 3 aromatic rings. The third-order valence-corrected chi connectivity index (χ3v) is 4.88. The Kier molecular flexibility index (Phi) is 4.47. The first-order chi connectivity index (χ1) is 12.6. The van der Waals surface area contributed by atoms with E-state index in [0.29, 0.717) is 16.4 Å². The largest absolute Gasteiger partial charge is 0.308 e. The van der Waals surface area contributed by atoms with Crippen LogP contribution in [0, 0.1) is 11.7 Å². The van der Waals surface area contributed by atoms with Gasteiger partial charge in [0.2, 0.25) is 5.91 Å². The van der Waals surface area contributed by atoms with Crippen molar-refractivity contribution in [2.45, 2.75) is 18.9 Å². The van der Waals surface area contributed by atoms with Crippen LogP contribution in [0.4, 0.5) is 10.2 Å². The van der Waals surface area contributed by atoms with Crippen molar-refractivity contribution in [2.75, 3.05) is 5.32 Å². The van der Waals surface area contributed by atoms with Gasteiger partial charge in [-0.3, -0.25) is 9.48 Å². The highest BCUT2D eigenvalue weighted by Crippen LogP contribution is 2.48. The van der Waals surface area contributed by atoms with Crippen molar-refractivity contribution in [3.05, 3.63) is 82.8 Å². The molecular formula is C20H17ClFN3O. The van der Waals surface area contributed by atoms with Crippen molar-refractivity contribution >= 4 is 23.3 Å². The molecule has 4 nitrogen and oxygen atoms in total. The van der Waals surface area contributed by atoms with Gasteiger partial charge in [-0.15, -0.1) is 0 Å². The standard InChI is InChI=1S/C20H17ClFN3O/c21-17-12-25(11-14-8-4-5-9-18(14)22)24-19(17)23-20(26)16-10-15(16)13-6-2-1-3-7-13/h1-9,12,15-16H,10-11H2,(H,23,24,26). The summed E-state index contributed by atoms with van der Waals surface area (Å²) in [6, 6.07) is 16.5. The van der Waals surface area contributed by atoms with Gasteiger partial charge in [0.1, 0.15) is 10.8 Å². The molecule has 2 aromatic carbocycles. The number of hydrogen-bond donors (Lipinski definition) is 1. The van der Waals surface area contributed by atoms with Gasteiger partial charge in [-0.1, -0.05) is 60.1 Å². The number of anilines is 1. The zero-order valence-electron chi connectivity index (χ0n) is 13.9. The summed E-state index contributed by atoms with van der Waals surface area (Å²) in [5.41, 5.74) is 1.68. The van der Waals surface area contributed by atoms with Crippen LogP contribution >= 0.6 is 11.6 Å². The van der Waals surface area contributed by atoms with Crippen LogP contribution in [0.15, 0.2) is 60.8 Å². The molecule has 2 atom stereocenters. The maximum atomic E-state index is 13.8. The Hall–Kier alpha value is -2.66. The molecule has 1 fully saturated rings. The molecule has 4 rings (SSSR count). The van der Waals surface area contributed by atoms with Crippen LogP contribution in [0.1, 0.15) is 23.5 Å². The highest BCUT2D eigenvalue weighted by Gasteiger charge is 2.44. The van der Waals surface area contributed by atoms with Gasteiger partial charge in [0, 0.05) is 17.7 Å². The molecule has 0 spiro atoms. The lowest BCUT2D eigenvalue weighted by Gasteiger charge is -2.04. The number of carbonyl (C=O) groups is 1. The summed E-state index contributed by atoms with van der Waals surface area (Å²) in [6.07, 6.45) is 2.41. The highest BCUT2D eigenvalue weighted by molar-refractivity contribution is 6.33. The number of nitrogens with one attached hydrogen (secondary N) is 1. The lowest BCUT2D eigenvalue weighted by Crippen LogP contribution is -2.15. The molecule has 1 amide bonds. The van der Waals surface area contributed by atoms with Crippen LogP contribution in [0.5, 0.6) is 0 Å². The van der Waals surface area contributed by atoms with E-state index in [2.05, 4.69) is 10.4 Å². The normalized spacial score (nSPS) is 18.5. The van der Waals surface area contributed by atoms with Crippen LogP contribution in [0.2, 0.25) is 5.02 Å². The van der Waals surface area contributed by atoms with Crippen LogP contribution in [0.3, 0.4) is 0 Å². The molecule has 0 aliphatic heterocycles. The predicted molar refractivity (Wildman–Crippen MR) is 98.7 cm³/mol. The van der Waals surface area contributed by atoms with E-state index in [9.17, 15) is 9.18 Å². The number of amides is 1. The molecule has 1 aliphatic carbocycles. The van der Waals surface area contributed by atoms with Crippen molar-refractivity contribution in [2.24, 2.45) is 5.92 Å². The summed E-state index contributed by atoms with van der Waals surface area (Å²) in [7, 11) is 0. The number of aromatic nitrogens is 2. The van der Waals surface area contributed by atoms with E-state index < -0.39 is 0 Å². The average molecular weight is 370 g/mol. The Bertz CT molecular complexity index is 941. The van der Waals surface area contributed by atoms with E-state index in [0.717, 1.165) is 6.42 Å². The number of rotatable bonds is 5. The summed E-state index contributed by atoms with van der Waals surface area (Å²) < 4.78 is 15.3. The van der Waals surface area contributed by atoms with Crippen LogP contribution in [0.25, 0.3) is 0 Å². The summed E-state index contributed by atoms with van der Waals surface area (Å²) in [6.45, 7) is 0.248. The summed E-state index contributed by atoms with van der Waals surface area (Å²) in [5.74, 6) is 0.109. The summed E-state index contributed by atoms with van der Waals surface area (Å²) in [4.78, 5) is 12.5. The van der Waals surface area contributed by atoms with E-state index in [-0.39, 0.29) is 30.1 Å². The van der Waals surface area contributed by atoms with Crippen molar-refractivity contribution in [3.8, 4) is 0 Å². The Balaban J connectivity index is 1.42. The number of halogens is 2. The first kappa shape index (κ1) is 16.8. The van der Waals surface area contributed by atoms with Gasteiger partial charge < -0.3 is 5.32 Å². The minimum absolute atomic E-state index is 0.0646. The lowest BCUT2D eigenvalue weighted by molar-refractivity contribution is -0.117. The number of benzene rings is 2. The Morgan fingerprint density at radius 2 is 1.92 bits per heavy atom. The van der Waals surface area contributed by atoms with E-state index in [1.54, 1.807) is 24.4 Å². The molecule has 0 saturated heterocycles. The molecule has 1 saturated carbocycles. The van der Waals surface area contributed by atoms with E-state index in [1.165, 1.54) is 16.3 Å². The minimum Gasteiger partial charge on any atom is -0.308 e. The van der Waals surface area contributed by atoms with Gasteiger partial charge >= 0.3 is 0 Å². The first-order valence-electron chi connectivity index (χ1n) is 8.44. The molecule has 1 aromatic heterocycles. The van der Waals surface area contributed by atoms with E-state index in [4.69, 9.17) is 11.6 Å². The maximum Gasteiger partial charge on any atom is 0.229 e. The average Bonchev–Trinajstić information content (AvgIpc) is 3.38. The lowest BCUT2D eigenvalue weighted by atomic mass is 10.1. The van der Waals surface area contributed by atoms with Crippen LogP contribution in [-0.4, -0.2) is 15.7 Å². The van der Waals surface area contributed by atoms with E-state index >= 15 is 0 Å². The Morgan fingerprint density at radius 3 is 2.69 bits per heavy atom. The molecule has 0 bridgehead atoms. The highest BCUT2D eigenvalue weighted by atomic mass is 35.5. The number of carbonyl (C=O) groups excluding carboxylic acids is 1. The molecule has 1 N–H and O–H groups in total. The second-order valence-corrected chi connectivity index (χ2v) is 6.87. The molecule has 1 aliphatic rings. The quantitative estimate of drug-likeness (QED) is 0.721.